The van der Waals surface area contributed by atoms with Gasteiger partial charge in [0.25, 0.3) is 0 Å². The number of hydrogen-bond acceptors (Lipinski definition) is 1. The molecule has 0 atom stereocenters. The maximum absolute atomic E-state index is 2.55. The van der Waals surface area contributed by atoms with Crippen molar-refractivity contribution in [3.8, 4) is 89.5 Å². The molecule has 0 spiro atoms. The van der Waals surface area contributed by atoms with Crippen molar-refractivity contribution in [2.75, 3.05) is 4.90 Å². The summed E-state index contributed by atoms with van der Waals surface area (Å²) in [6.07, 6.45) is 0. The van der Waals surface area contributed by atoms with Crippen LogP contribution < -0.4 is 4.90 Å². The van der Waals surface area contributed by atoms with Crippen molar-refractivity contribution in [1.29, 1.82) is 0 Å². The van der Waals surface area contributed by atoms with Gasteiger partial charge in [-0.15, -0.1) is 0 Å². The summed E-state index contributed by atoms with van der Waals surface area (Å²) < 4.78 is 5.02. The van der Waals surface area contributed by atoms with Gasteiger partial charge in [-0.3, -0.25) is 0 Å². The molecule has 0 radical (unpaired) electrons. The molecule has 3 nitrogen and oxygen atoms in total. The van der Waals surface area contributed by atoms with Crippen molar-refractivity contribution in [1.82, 2.24) is 9.13 Å². The molecular formula is C85H65N3. The van der Waals surface area contributed by atoms with Gasteiger partial charge in [-0.1, -0.05) is 242 Å². The molecule has 12 aromatic carbocycles. The summed E-state index contributed by atoms with van der Waals surface area (Å²) in [5.41, 5.74) is 32.8. The van der Waals surface area contributed by atoms with E-state index in [0.29, 0.717) is 0 Å². The largest absolute Gasteiger partial charge is 0.310 e. The van der Waals surface area contributed by atoms with E-state index >= 15 is 0 Å². The van der Waals surface area contributed by atoms with E-state index in [4.69, 9.17) is 0 Å². The number of para-hydroxylation sites is 2. The molecule has 3 heteroatoms. The van der Waals surface area contributed by atoms with Crippen LogP contribution in [0.2, 0.25) is 0 Å². The second-order valence-electron chi connectivity index (χ2n) is 26.0. The first kappa shape index (κ1) is 51.9. The number of hydrogen-bond donors (Lipinski definition) is 0. The Hall–Kier alpha value is -10.5. The number of rotatable bonds is 9. The minimum Gasteiger partial charge on any atom is -0.310 e. The van der Waals surface area contributed by atoms with Crippen molar-refractivity contribution in [2.24, 2.45) is 0 Å². The Kier molecular flexibility index (Phi) is 11.4. The van der Waals surface area contributed by atoms with Crippen LogP contribution in [0.1, 0.15) is 74.9 Å². The molecule has 2 heterocycles. The van der Waals surface area contributed by atoms with Gasteiger partial charge in [-0.25, -0.2) is 0 Å². The predicted octanol–water partition coefficient (Wildman–Crippen LogP) is 22.6. The standard InChI is InChI=1S/C85H65N3/c1-83(2)71-40-26-25-39-63(71)64-44-41-60(47-72(64)83)86(61-42-45-65-67-50-69-77(52-75(67)84(3,4)73(65)48-61)87(58-35-21-11-22-36-58)81(56-31-17-9-18-32-56)79(69)54-27-13-7-14-28-54)62-43-46-66-68-51-70-78(53-76(68)85(5,6)74(66)49-62)88(59-37-23-12-24-38-59)82(57-33-19-10-20-34-57)80(70)55-29-15-8-16-30-55/h7-53H,1-6H3. The molecule has 0 N–H and O–H groups in total. The molecule has 0 fully saturated rings. The Morgan fingerprint density at radius 3 is 0.932 bits per heavy atom. The number of benzene rings is 12. The van der Waals surface area contributed by atoms with E-state index < -0.39 is 0 Å². The fraction of sp³-hybridized carbons (Fsp3) is 0.106. The average Bonchev–Trinajstić information content (AvgIpc) is 1.60. The van der Waals surface area contributed by atoms with E-state index in [1.807, 2.05) is 0 Å². The zero-order valence-electron chi connectivity index (χ0n) is 50.5. The summed E-state index contributed by atoms with van der Waals surface area (Å²) >= 11 is 0. The third kappa shape index (κ3) is 7.56. The maximum atomic E-state index is 2.55. The maximum Gasteiger partial charge on any atom is 0.0619 e. The van der Waals surface area contributed by atoms with Crippen LogP contribution >= 0.6 is 0 Å². The molecule has 0 saturated carbocycles. The highest BCUT2D eigenvalue weighted by atomic mass is 15.1. The average molecular weight is 1130 g/mol. The van der Waals surface area contributed by atoms with Crippen LogP contribution in [-0.4, -0.2) is 9.13 Å². The minimum absolute atomic E-state index is 0.181. The van der Waals surface area contributed by atoms with E-state index in [1.54, 1.807) is 0 Å². The third-order valence-electron chi connectivity index (χ3n) is 20.1. The lowest BCUT2D eigenvalue weighted by Gasteiger charge is -2.31. The lowest BCUT2D eigenvalue weighted by atomic mass is 9.81. The third-order valence-corrected chi connectivity index (χ3v) is 20.1. The van der Waals surface area contributed by atoms with Crippen LogP contribution in [-0.2, 0) is 16.2 Å². The Balaban J connectivity index is 0.864. The monoisotopic (exact) mass is 1130 g/mol. The highest BCUT2D eigenvalue weighted by Crippen LogP contribution is 2.58. The normalized spacial score (nSPS) is 14.3. The van der Waals surface area contributed by atoms with Crippen molar-refractivity contribution >= 4 is 38.9 Å². The molecule has 0 saturated heterocycles. The van der Waals surface area contributed by atoms with Crippen molar-refractivity contribution < 1.29 is 0 Å². The number of fused-ring (bicyclic) bond motifs is 11. The van der Waals surface area contributed by atoms with E-state index in [-0.39, 0.29) is 16.2 Å². The molecule has 0 bridgehead atoms. The van der Waals surface area contributed by atoms with E-state index in [2.05, 4.69) is 341 Å². The Bertz CT molecular complexity index is 4850. The van der Waals surface area contributed by atoms with E-state index in [0.717, 1.165) is 28.4 Å². The first-order valence-electron chi connectivity index (χ1n) is 31.1. The highest BCUT2D eigenvalue weighted by molar-refractivity contribution is 6.10. The lowest BCUT2D eigenvalue weighted by Crippen LogP contribution is -2.19. The SMILES string of the molecule is CC1(C)c2ccccc2-c2ccc(N(c3ccc4c(c3)C(C)(C)c3cc5c(cc3-4)c(-c3ccccc3)c(-c3ccccc3)n5-c3ccccc3)c3ccc4c(c3)C(C)(C)c3cc5c(cc3-4)c(-c3ccccc3)c(-c3ccccc3)n5-c3ccccc3)cc21. The summed E-state index contributed by atoms with van der Waals surface area (Å²) in [5.74, 6) is 0. The van der Waals surface area contributed by atoms with Crippen molar-refractivity contribution in [2.45, 2.75) is 57.8 Å². The second kappa shape index (κ2) is 19.3. The molecule has 3 aliphatic rings. The lowest BCUT2D eigenvalue weighted by molar-refractivity contribution is 0.660. The van der Waals surface area contributed by atoms with Crippen molar-refractivity contribution in [3.63, 3.8) is 0 Å². The van der Waals surface area contributed by atoms with Crippen LogP contribution in [0.25, 0.3) is 111 Å². The van der Waals surface area contributed by atoms with Gasteiger partial charge >= 0.3 is 0 Å². The smallest absolute Gasteiger partial charge is 0.0619 e. The zero-order chi connectivity index (χ0) is 59.2. The molecule has 17 rings (SSSR count). The molecular weight excluding hydrogens is 1060 g/mol. The summed E-state index contributed by atoms with van der Waals surface area (Å²) in [6, 6.07) is 107. The van der Waals surface area contributed by atoms with Gasteiger partial charge in [0.15, 0.2) is 0 Å². The Morgan fingerprint density at radius 2 is 0.545 bits per heavy atom. The summed E-state index contributed by atoms with van der Waals surface area (Å²) in [6.45, 7) is 14.5. The van der Waals surface area contributed by atoms with Gasteiger partial charge < -0.3 is 14.0 Å². The van der Waals surface area contributed by atoms with Crippen LogP contribution in [0.5, 0.6) is 0 Å². The fourth-order valence-corrected chi connectivity index (χ4v) is 15.8. The zero-order valence-corrected chi connectivity index (χ0v) is 50.5. The minimum atomic E-state index is -0.337. The second-order valence-corrected chi connectivity index (χ2v) is 26.0. The molecule has 420 valence electrons. The van der Waals surface area contributed by atoms with Gasteiger partial charge in [0.1, 0.15) is 0 Å². The summed E-state index contributed by atoms with van der Waals surface area (Å²) in [7, 11) is 0. The Labute approximate surface area is 515 Å². The Morgan fingerprint density at radius 1 is 0.250 bits per heavy atom. The van der Waals surface area contributed by atoms with Gasteiger partial charge in [0, 0.05) is 66.6 Å². The van der Waals surface area contributed by atoms with Crippen molar-refractivity contribution in [3.05, 3.63) is 318 Å². The van der Waals surface area contributed by atoms with Gasteiger partial charge in [0.2, 0.25) is 0 Å². The van der Waals surface area contributed by atoms with Crippen LogP contribution in [0.15, 0.2) is 285 Å². The molecule has 0 aliphatic heterocycles. The molecule has 0 amide bonds. The first-order valence-corrected chi connectivity index (χ1v) is 31.1. The predicted molar refractivity (Wildman–Crippen MR) is 369 cm³/mol. The summed E-state index contributed by atoms with van der Waals surface area (Å²) in [4.78, 5) is 2.55. The van der Waals surface area contributed by atoms with Crippen LogP contribution in [0.3, 0.4) is 0 Å². The fourth-order valence-electron chi connectivity index (χ4n) is 15.8. The molecule has 2 aromatic heterocycles. The highest BCUT2D eigenvalue weighted by Gasteiger charge is 2.41. The van der Waals surface area contributed by atoms with Crippen LogP contribution in [0.4, 0.5) is 17.1 Å². The molecule has 88 heavy (non-hydrogen) atoms. The molecule has 14 aromatic rings. The summed E-state index contributed by atoms with van der Waals surface area (Å²) in [5, 5.41) is 2.49. The van der Waals surface area contributed by atoms with Crippen LogP contribution in [0, 0.1) is 0 Å². The number of nitrogens with zero attached hydrogens (tertiary/aromatic N) is 3. The van der Waals surface area contributed by atoms with Gasteiger partial charge in [-0.05, 0) is 174 Å². The quantitative estimate of drug-likeness (QED) is 0.140. The van der Waals surface area contributed by atoms with Gasteiger partial charge in [0.05, 0.1) is 22.4 Å². The van der Waals surface area contributed by atoms with E-state index in [1.165, 1.54) is 133 Å². The topological polar surface area (TPSA) is 13.1 Å². The molecule has 0 unspecified atom stereocenters. The number of anilines is 3. The number of aromatic nitrogens is 2. The first-order chi connectivity index (χ1) is 42.9. The van der Waals surface area contributed by atoms with E-state index in [9.17, 15) is 0 Å². The van der Waals surface area contributed by atoms with Gasteiger partial charge in [-0.2, -0.15) is 0 Å². The molecule has 3 aliphatic carbocycles.